The Bertz CT molecular complexity index is 554. The van der Waals surface area contributed by atoms with E-state index in [9.17, 15) is 9.18 Å². The molecule has 0 saturated carbocycles. The van der Waals surface area contributed by atoms with Gasteiger partial charge < -0.3 is 11.1 Å². The lowest BCUT2D eigenvalue weighted by atomic mass is 10.2. The number of halogens is 1. The van der Waals surface area contributed by atoms with Crippen molar-refractivity contribution in [3.63, 3.8) is 0 Å². The molecule has 92 valence electrons. The van der Waals surface area contributed by atoms with E-state index in [0.29, 0.717) is 12.4 Å². The molecule has 0 aliphatic carbocycles. The van der Waals surface area contributed by atoms with Crippen molar-refractivity contribution in [2.75, 3.05) is 5.32 Å². The van der Waals surface area contributed by atoms with Gasteiger partial charge in [-0.15, -0.1) is 0 Å². The minimum absolute atomic E-state index is 0.250. The molecule has 0 saturated heterocycles. The van der Waals surface area contributed by atoms with Crippen LogP contribution in [0.3, 0.4) is 0 Å². The molecule has 5 heteroatoms. The number of amides is 1. The van der Waals surface area contributed by atoms with Crippen molar-refractivity contribution in [2.45, 2.75) is 6.54 Å². The van der Waals surface area contributed by atoms with Gasteiger partial charge in [0.2, 0.25) is 0 Å². The minimum atomic E-state index is -0.450. The smallest absolute Gasteiger partial charge is 0.256 e. The summed E-state index contributed by atoms with van der Waals surface area (Å²) in [5.74, 6) is -0.446. The molecule has 0 atom stereocenters. The van der Waals surface area contributed by atoms with Crippen molar-refractivity contribution in [1.29, 1.82) is 0 Å². The first-order chi connectivity index (χ1) is 8.69. The second-order valence-corrected chi connectivity index (χ2v) is 3.72. The number of nitrogens with zero attached hydrogens (tertiary/aromatic N) is 1. The first-order valence-corrected chi connectivity index (χ1v) is 5.41. The number of carbonyl (C=O) groups excluding carboxylic acids is 1. The fraction of sp³-hybridized carbons (Fsp3) is 0.0769. The molecule has 1 aromatic heterocycles. The summed E-state index contributed by atoms with van der Waals surface area (Å²) in [5, 5.41) is 2.58. The number of nitrogens with two attached hydrogens (primary N) is 1. The van der Waals surface area contributed by atoms with Gasteiger partial charge in [0.1, 0.15) is 11.6 Å². The quantitative estimate of drug-likeness (QED) is 0.868. The maximum absolute atomic E-state index is 13.0. The zero-order valence-electron chi connectivity index (χ0n) is 9.56. The number of hydrogen-bond donors (Lipinski definition) is 2. The maximum Gasteiger partial charge on any atom is 0.256 e. The van der Waals surface area contributed by atoms with Crippen molar-refractivity contribution >= 4 is 11.7 Å². The van der Waals surface area contributed by atoms with Crippen LogP contribution >= 0.6 is 0 Å². The van der Waals surface area contributed by atoms with Crippen molar-refractivity contribution in [3.05, 3.63) is 59.5 Å². The molecule has 1 amide bonds. The van der Waals surface area contributed by atoms with Gasteiger partial charge in [-0.1, -0.05) is 12.1 Å². The number of carbonyl (C=O) groups is 1. The molecule has 0 radical (unpaired) electrons. The minimum Gasteiger partial charge on any atom is -0.326 e. The van der Waals surface area contributed by atoms with Crippen LogP contribution in [0.25, 0.3) is 0 Å². The second-order valence-electron chi connectivity index (χ2n) is 3.72. The van der Waals surface area contributed by atoms with Crippen LogP contribution in [0.1, 0.15) is 15.9 Å². The monoisotopic (exact) mass is 245 g/mol. The molecule has 2 aromatic rings. The standard InChI is InChI=1S/C13H12FN3O/c14-11-3-1-2-10(6-11)13(18)17-12-5-4-9(7-15)8-16-12/h1-6,8H,7,15H2,(H,16,17,18). The van der Waals surface area contributed by atoms with E-state index in [2.05, 4.69) is 10.3 Å². The summed E-state index contributed by atoms with van der Waals surface area (Å²) in [7, 11) is 0. The van der Waals surface area contributed by atoms with Gasteiger partial charge in [-0.25, -0.2) is 9.37 Å². The molecule has 0 unspecified atom stereocenters. The summed E-state index contributed by atoms with van der Waals surface area (Å²) >= 11 is 0. The number of hydrogen-bond acceptors (Lipinski definition) is 3. The van der Waals surface area contributed by atoms with Gasteiger partial charge >= 0.3 is 0 Å². The predicted octanol–water partition coefficient (Wildman–Crippen LogP) is 1.93. The van der Waals surface area contributed by atoms with E-state index < -0.39 is 11.7 Å². The third-order valence-electron chi connectivity index (χ3n) is 2.39. The molecule has 0 fully saturated rings. The van der Waals surface area contributed by atoms with Crippen LogP contribution in [0.5, 0.6) is 0 Å². The van der Waals surface area contributed by atoms with Crippen LogP contribution in [0.2, 0.25) is 0 Å². The average molecular weight is 245 g/mol. The van der Waals surface area contributed by atoms with Crippen molar-refractivity contribution in [2.24, 2.45) is 5.73 Å². The van der Waals surface area contributed by atoms with Crippen LogP contribution in [-0.4, -0.2) is 10.9 Å². The van der Waals surface area contributed by atoms with E-state index in [1.54, 1.807) is 18.3 Å². The number of nitrogens with one attached hydrogen (secondary N) is 1. The van der Waals surface area contributed by atoms with E-state index in [1.807, 2.05) is 0 Å². The molecule has 18 heavy (non-hydrogen) atoms. The summed E-state index contributed by atoms with van der Waals surface area (Å²) in [6, 6.07) is 8.89. The molecule has 0 aliphatic heterocycles. The third-order valence-corrected chi connectivity index (χ3v) is 2.39. The van der Waals surface area contributed by atoms with Crippen molar-refractivity contribution in [1.82, 2.24) is 4.98 Å². The van der Waals surface area contributed by atoms with Crippen molar-refractivity contribution in [3.8, 4) is 0 Å². The number of rotatable bonds is 3. The SMILES string of the molecule is NCc1ccc(NC(=O)c2cccc(F)c2)nc1. The number of aromatic nitrogens is 1. The lowest BCUT2D eigenvalue weighted by Crippen LogP contribution is -2.13. The Morgan fingerprint density at radius 3 is 2.78 bits per heavy atom. The first-order valence-electron chi connectivity index (χ1n) is 5.41. The molecular weight excluding hydrogens is 233 g/mol. The molecule has 3 N–H and O–H groups in total. The summed E-state index contributed by atoms with van der Waals surface area (Å²) < 4.78 is 13.0. The summed E-state index contributed by atoms with van der Waals surface area (Å²) in [6.07, 6.45) is 1.58. The lowest BCUT2D eigenvalue weighted by molar-refractivity contribution is 0.102. The number of anilines is 1. The Balaban J connectivity index is 2.11. The average Bonchev–Trinajstić information content (AvgIpc) is 2.39. The Hall–Kier alpha value is -2.27. The van der Waals surface area contributed by atoms with Gasteiger partial charge in [0.15, 0.2) is 0 Å². The van der Waals surface area contributed by atoms with Gasteiger partial charge in [0.05, 0.1) is 0 Å². The second kappa shape index (κ2) is 5.37. The molecule has 0 bridgehead atoms. The number of benzene rings is 1. The van der Waals surface area contributed by atoms with Crippen LogP contribution in [-0.2, 0) is 6.54 Å². The Labute approximate surface area is 104 Å². The highest BCUT2D eigenvalue weighted by Gasteiger charge is 2.07. The van der Waals surface area contributed by atoms with Gasteiger partial charge in [-0.05, 0) is 29.8 Å². The molecular formula is C13H12FN3O. The molecule has 1 aromatic carbocycles. The van der Waals surface area contributed by atoms with E-state index in [0.717, 1.165) is 5.56 Å². The van der Waals surface area contributed by atoms with Gasteiger partial charge in [-0.3, -0.25) is 4.79 Å². The molecule has 0 spiro atoms. The van der Waals surface area contributed by atoms with E-state index in [-0.39, 0.29) is 5.56 Å². The van der Waals surface area contributed by atoms with E-state index >= 15 is 0 Å². The normalized spacial score (nSPS) is 10.1. The number of pyridine rings is 1. The highest BCUT2D eigenvalue weighted by Crippen LogP contribution is 2.08. The molecule has 4 nitrogen and oxygen atoms in total. The summed E-state index contributed by atoms with van der Waals surface area (Å²) in [4.78, 5) is 15.8. The Morgan fingerprint density at radius 1 is 1.33 bits per heavy atom. The Morgan fingerprint density at radius 2 is 2.17 bits per heavy atom. The van der Waals surface area contributed by atoms with E-state index in [4.69, 9.17) is 5.73 Å². The summed E-state index contributed by atoms with van der Waals surface area (Å²) in [6.45, 7) is 0.394. The first kappa shape index (κ1) is 12.2. The van der Waals surface area contributed by atoms with E-state index in [1.165, 1.54) is 24.3 Å². The topological polar surface area (TPSA) is 68.0 Å². The van der Waals surface area contributed by atoms with Gasteiger partial charge in [0.25, 0.3) is 5.91 Å². The van der Waals surface area contributed by atoms with Crippen LogP contribution in [0, 0.1) is 5.82 Å². The highest BCUT2D eigenvalue weighted by molar-refractivity contribution is 6.03. The largest absolute Gasteiger partial charge is 0.326 e. The third kappa shape index (κ3) is 2.89. The van der Waals surface area contributed by atoms with Gasteiger partial charge in [0, 0.05) is 18.3 Å². The van der Waals surface area contributed by atoms with Crippen LogP contribution in [0.15, 0.2) is 42.6 Å². The Kier molecular flexibility index (Phi) is 3.64. The zero-order chi connectivity index (χ0) is 13.0. The molecule has 2 rings (SSSR count). The van der Waals surface area contributed by atoms with Crippen LogP contribution < -0.4 is 11.1 Å². The maximum atomic E-state index is 13.0. The van der Waals surface area contributed by atoms with Gasteiger partial charge in [-0.2, -0.15) is 0 Å². The summed E-state index contributed by atoms with van der Waals surface area (Å²) in [5.41, 5.74) is 6.56. The molecule has 1 heterocycles. The predicted molar refractivity (Wildman–Crippen MR) is 66.5 cm³/mol. The zero-order valence-corrected chi connectivity index (χ0v) is 9.56. The highest BCUT2D eigenvalue weighted by atomic mass is 19.1. The lowest BCUT2D eigenvalue weighted by Gasteiger charge is -2.05. The molecule has 0 aliphatic rings. The fourth-order valence-electron chi connectivity index (χ4n) is 1.44. The van der Waals surface area contributed by atoms with Crippen molar-refractivity contribution < 1.29 is 9.18 Å². The van der Waals surface area contributed by atoms with Crippen LogP contribution in [0.4, 0.5) is 10.2 Å². The fourth-order valence-corrected chi connectivity index (χ4v) is 1.44.